The number of unbranched alkanes of at least 4 members (excludes halogenated alkanes) is 1. The number of hydrogen-bond acceptors (Lipinski definition) is 3. The molecule has 0 N–H and O–H groups in total. The van der Waals surface area contributed by atoms with E-state index < -0.39 is 9.84 Å². The van der Waals surface area contributed by atoms with E-state index in [2.05, 4.69) is 6.92 Å². The normalized spacial score (nSPS) is 13.0. The van der Waals surface area contributed by atoms with Crippen LogP contribution in [0, 0.1) is 0 Å². The Morgan fingerprint density at radius 2 is 1.95 bits per heavy atom. The van der Waals surface area contributed by atoms with Crippen molar-refractivity contribution in [3.05, 3.63) is 29.8 Å². The van der Waals surface area contributed by atoms with Crippen molar-refractivity contribution in [2.45, 2.75) is 51.0 Å². The number of rotatable bonds is 7. The third kappa shape index (κ3) is 4.84. The molecular formula is C16H25NO3S. The highest BCUT2D eigenvalue weighted by Crippen LogP contribution is 2.16. The van der Waals surface area contributed by atoms with Crippen LogP contribution in [0.4, 0.5) is 0 Å². The maximum Gasteiger partial charge on any atom is 0.254 e. The van der Waals surface area contributed by atoms with Gasteiger partial charge < -0.3 is 4.90 Å². The summed E-state index contributed by atoms with van der Waals surface area (Å²) in [4.78, 5) is 14.7. The summed E-state index contributed by atoms with van der Waals surface area (Å²) in [5, 5.41) is 0. The van der Waals surface area contributed by atoms with E-state index in [1.54, 1.807) is 12.1 Å². The van der Waals surface area contributed by atoms with E-state index in [9.17, 15) is 13.2 Å². The summed E-state index contributed by atoms with van der Waals surface area (Å²) in [6.07, 6.45) is 3.99. The molecule has 118 valence electrons. The number of hydrogen-bond donors (Lipinski definition) is 0. The van der Waals surface area contributed by atoms with Gasteiger partial charge in [-0.25, -0.2) is 8.42 Å². The molecule has 0 aliphatic heterocycles. The van der Waals surface area contributed by atoms with Crippen molar-refractivity contribution in [1.29, 1.82) is 0 Å². The molecule has 0 saturated heterocycles. The first-order chi connectivity index (χ1) is 9.81. The molecule has 5 heteroatoms. The monoisotopic (exact) mass is 311 g/mol. The Hall–Kier alpha value is -1.36. The lowest BCUT2D eigenvalue weighted by atomic mass is 10.1. The van der Waals surface area contributed by atoms with Crippen molar-refractivity contribution < 1.29 is 13.2 Å². The molecule has 0 radical (unpaired) electrons. The summed E-state index contributed by atoms with van der Waals surface area (Å²) in [6.45, 7) is 6.86. The lowest BCUT2D eigenvalue weighted by molar-refractivity contribution is 0.0685. The Balaban J connectivity index is 3.09. The minimum atomic E-state index is -3.30. The topological polar surface area (TPSA) is 54.5 Å². The van der Waals surface area contributed by atoms with E-state index in [4.69, 9.17) is 0 Å². The zero-order chi connectivity index (χ0) is 16.0. The highest BCUT2D eigenvalue weighted by atomic mass is 32.2. The van der Waals surface area contributed by atoms with Crippen molar-refractivity contribution in [2.75, 3.05) is 12.8 Å². The first-order valence-corrected chi connectivity index (χ1v) is 9.31. The fraction of sp³-hybridized carbons (Fsp3) is 0.562. The van der Waals surface area contributed by atoms with Crippen molar-refractivity contribution in [2.24, 2.45) is 0 Å². The summed E-state index contributed by atoms with van der Waals surface area (Å²) in [5.41, 5.74) is 0.439. The number of nitrogens with zero attached hydrogens (tertiary/aromatic N) is 1. The van der Waals surface area contributed by atoms with E-state index >= 15 is 0 Å². The average molecular weight is 311 g/mol. The zero-order valence-corrected chi connectivity index (χ0v) is 14.1. The smallest absolute Gasteiger partial charge is 0.254 e. The van der Waals surface area contributed by atoms with Crippen LogP contribution in [0.15, 0.2) is 29.2 Å². The van der Waals surface area contributed by atoms with Crippen LogP contribution in [0.25, 0.3) is 0 Å². The van der Waals surface area contributed by atoms with Crippen molar-refractivity contribution in [3.8, 4) is 0 Å². The molecule has 0 spiro atoms. The Kier molecular flexibility index (Phi) is 6.40. The predicted octanol–water partition coefficient (Wildman–Crippen LogP) is 3.13. The van der Waals surface area contributed by atoms with Gasteiger partial charge >= 0.3 is 0 Å². The van der Waals surface area contributed by atoms with Crippen molar-refractivity contribution in [3.63, 3.8) is 0 Å². The summed E-state index contributed by atoms with van der Waals surface area (Å²) in [5.74, 6) is -0.0942. The van der Waals surface area contributed by atoms with E-state index in [-0.39, 0.29) is 16.8 Å². The van der Waals surface area contributed by atoms with Gasteiger partial charge in [0, 0.05) is 24.4 Å². The van der Waals surface area contributed by atoms with Crippen LogP contribution < -0.4 is 0 Å². The van der Waals surface area contributed by atoms with Gasteiger partial charge in [0.1, 0.15) is 0 Å². The van der Waals surface area contributed by atoms with Gasteiger partial charge in [-0.1, -0.05) is 26.3 Å². The van der Waals surface area contributed by atoms with Gasteiger partial charge in [-0.2, -0.15) is 0 Å². The van der Waals surface area contributed by atoms with Crippen molar-refractivity contribution >= 4 is 15.7 Å². The van der Waals surface area contributed by atoms with E-state index in [0.29, 0.717) is 12.1 Å². The van der Waals surface area contributed by atoms with Crippen LogP contribution >= 0.6 is 0 Å². The summed E-state index contributed by atoms with van der Waals surface area (Å²) >= 11 is 0. The Bertz CT molecular complexity index is 581. The van der Waals surface area contributed by atoms with Crippen molar-refractivity contribution in [1.82, 2.24) is 4.90 Å². The molecule has 0 fully saturated rings. The molecule has 0 aliphatic rings. The van der Waals surface area contributed by atoms with Crippen LogP contribution in [-0.2, 0) is 9.84 Å². The number of benzene rings is 1. The van der Waals surface area contributed by atoms with Gasteiger partial charge in [0.2, 0.25) is 0 Å². The third-order valence-electron chi connectivity index (χ3n) is 3.65. The standard InChI is InChI=1S/C16H25NO3S/c1-5-7-11-17(13(3)6-2)16(18)14-9-8-10-15(12-14)21(4,19)20/h8-10,12-13H,5-7,11H2,1-4H3/t13-/m1/s1. The Morgan fingerprint density at radius 3 is 2.48 bits per heavy atom. The average Bonchev–Trinajstić information content (AvgIpc) is 2.46. The molecule has 4 nitrogen and oxygen atoms in total. The summed E-state index contributed by atoms with van der Waals surface area (Å²) < 4.78 is 23.2. The fourth-order valence-corrected chi connectivity index (χ4v) is 2.76. The van der Waals surface area contributed by atoms with E-state index in [1.165, 1.54) is 12.1 Å². The number of amides is 1. The van der Waals surface area contributed by atoms with Crippen LogP contribution in [0.1, 0.15) is 50.4 Å². The molecule has 0 aliphatic carbocycles. The number of carbonyl (C=O) groups excluding carboxylic acids is 1. The molecule has 0 saturated carbocycles. The minimum absolute atomic E-state index is 0.0942. The van der Waals surface area contributed by atoms with Gasteiger partial charge in [-0.05, 0) is 38.0 Å². The van der Waals surface area contributed by atoms with E-state index in [0.717, 1.165) is 25.5 Å². The second-order valence-corrected chi connectivity index (χ2v) is 7.43. The van der Waals surface area contributed by atoms with Crippen LogP contribution in [0.5, 0.6) is 0 Å². The highest BCUT2D eigenvalue weighted by Gasteiger charge is 2.21. The molecule has 1 aromatic carbocycles. The number of sulfone groups is 1. The Labute approximate surface area is 128 Å². The van der Waals surface area contributed by atoms with Gasteiger partial charge in [-0.3, -0.25) is 4.79 Å². The number of carbonyl (C=O) groups is 1. The van der Waals surface area contributed by atoms with Gasteiger partial charge in [0.25, 0.3) is 5.91 Å². The Morgan fingerprint density at radius 1 is 1.29 bits per heavy atom. The van der Waals surface area contributed by atoms with Gasteiger partial charge in [0.15, 0.2) is 9.84 Å². The summed E-state index contributed by atoms with van der Waals surface area (Å²) in [7, 11) is -3.30. The molecular weight excluding hydrogens is 286 g/mol. The fourth-order valence-electron chi connectivity index (χ4n) is 2.10. The summed E-state index contributed by atoms with van der Waals surface area (Å²) in [6, 6.07) is 6.44. The molecule has 0 aromatic heterocycles. The third-order valence-corrected chi connectivity index (χ3v) is 4.76. The maximum absolute atomic E-state index is 12.7. The molecule has 21 heavy (non-hydrogen) atoms. The lowest BCUT2D eigenvalue weighted by Gasteiger charge is -2.28. The van der Waals surface area contributed by atoms with Crippen LogP contribution in [0.2, 0.25) is 0 Å². The highest BCUT2D eigenvalue weighted by molar-refractivity contribution is 7.90. The molecule has 0 unspecified atom stereocenters. The quantitative estimate of drug-likeness (QED) is 0.777. The van der Waals surface area contributed by atoms with E-state index in [1.807, 2.05) is 18.7 Å². The molecule has 1 atom stereocenters. The molecule has 1 aromatic rings. The molecule has 1 rings (SSSR count). The van der Waals surface area contributed by atoms with Crippen LogP contribution in [-0.4, -0.2) is 38.1 Å². The predicted molar refractivity (Wildman–Crippen MR) is 85.2 cm³/mol. The van der Waals surface area contributed by atoms with Crippen LogP contribution in [0.3, 0.4) is 0 Å². The first-order valence-electron chi connectivity index (χ1n) is 7.42. The zero-order valence-electron chi connectivity index (χ0n) is 13.3. The van der Waals surface area contributed by atoms with Gasteiger partial charge in [0.05, 0.1) is 4.90 Å². The molecule has 0 bridgehead atoms. The lowest BCUT2D eigenvalue weighted by Crippen LogP contribution is -2.39. The second kappa shape index (κ2) is 7.59. The molecule has 1 amide bonds. The SMILES string of the molecule is CCCCN(C(=O)c1cccc(S(C)(=O)=O)c1)[C@H](C)CC. The van der Waals surface area contributed by atoms with Gasteiger partial charge in [-0.15, -0.1) is 0 Å². The first kappa shape index (κ1) is 17.7. The second-order valence-electron chi connectivity index (χ2n) is 5.41. The maximum atomic E-state index is 12.7. The largest absolute Gasteiger partial charge is 0.336 e. The minimum Gasteiger partial charge on any atom is -0.336 e. The molecule has 0 heterocycles.